The molecule has 0 saturated heterocycles. The molecule has 6 nitrogen and oxygen atoms in total. The molecule has 0 aliphatic heterocycles. The van der Waals surface area contributed by atoms with Crippen LogP contribution >= 0.6 is 34.3 Å². The third-order valence-electron chi connectivity index (χ3n) is 4.21. The Hall–Kier alpha value is -2.55. The number of hydrogen-bond donors (Lipinski definition) is 2. The van der Waals surface area contributed by atoms with Crippen molar-refractivity contribution in [3.63, 3.8) is 0 Å². The highest BCUT2D eigenvalue weighted by Gasteiger charge is 2.20. The summed E-state index contributed by atoms with van der Waals surface area (Å²) >= 11 is 8.81. The van der Waals surface area contributed by atoms with Crippen molar-refractivity contribution in [2.75, 3.05) is 5.32 Å². The van der Waals surface area contributed by atoms with Gasteiger partial charge in [-0.05, 0) is 37.6 Å². The molecule has 4 rings (SSSR count). The van der Waals surface area contributed by atoms with Gasteiger partial charge < -0.3 is 5.32 Å². The number of nitrogens with one attached hydrogen (secondary N) is 2. The Morgan fingerprint density at radius 2 is 2.00 bits per heavy atom. The zero-order chi connectivity index (χ0) is 19.7. The standard InChI is InChI=1S/C19H16ClN5OS2/c1-3-12-15(11-6-8-21-9-7-11)24-25-17(12)23-18(26)16-10(2)22-19(28-16)13-4-5-14(20)27-13/h4-9H,3H2,1-2H3,(H2,23,24,25,26). The molecular weight excluding hydrogens is 414 g/mol. The van der Waals surface area contributed by atoms with Crippen LogP contribution in [0.15, 0.2) is 36.7 Å². The first-order valence-corrected chi connectivity index (χ1v) is 10.6. The van der Waals surface area contributed by atoms with Crippen LogP contribution in [0.2, 0.25) is 4.34 Å². The molecular formula is C19H16ClN5OS2. The Labute approximate surface area is 174 Å². The Morgan fingerprint density at radius 1 is 1.21 bits per heavy atom. The molecule has 0 aromatic carbocycles. The van der Waals surface area contributed by atoms with Crippen LogP contribution in [0.4, 0.5) is 5.82 Å². The monoisotopic (exact) mass is 429 g/mol. The number of amides is 1. The molecule has 1 amide bonds. The second kappa shape index (κ2) is 7.83. The van der Waals surface area contributed by atoms with E-state index in [-0.39, 0.29) is 5.91 Å². The van der Waals surface area contributed by atoms with Gasteiger partial charge in [-0.15, -0.1) is 22.7 Å². The number of aromatic amines is 1. The van der Waals surface area contributed by atoms with Crippen molar-refractivity contribution < 1.29 is 4.79 Å². The summed E-state index contributed by atoms with van der Waals surface area (Å²) in [6, 6.07) is 7.56. The molecule has 0 aliphatic rings. The number of thiazole rings is 1. The average Bonchev–Trinajstić information content (AvgIpc) is 3.40. The number of nitrogens with zero attached hydrogens (tertiary/aromatic N) is 3. The third-order valence-corrected chi connectivity index (χ3v) is 6.76. The molecule has 0 atom stereocenters. The van der Waals surface area contributed by atoms with Gasteiger partial charge >= 0.3 is 0 Å². The van der Waals surface area contributed by atoms with Crippen LogP contribution in [0.3, 0.4) is 0 Å². The third kappa shape index (κ3) is 3.58. The topological polar surface area (TPSA) is 83.6 Å². The molecule has 0 saturated carbocycles. The fraction of sp³-hybridized carbons (Fsp3) is 0.158. The van der Waals surface area contributed by atoms with Gasteiger partial charge in [-0.2, -0.15) is 5.10 Å². The highest BCUT2D eigenvalue weighted by atomic mass is 35.5. The van der Waals surface area contributed by atoms with E-state index in [2.05, 4.69) is 25.5 Å². The number of carbonyl (C=O) groups is 1. The Morgan fingerprint density at radius 3 is 2.68 bits per heavy atom. The predicted molar refractivity (Wildman–Crippen MR) is 114 cm³/mol. The summed E-state index contributed by atoms with van der Waals surface area (Å²) in [5.41, 5.74) is 3.50. The lowest BCUT2D eigenvalue weighted by Gasteiger charge is -2.05. The van der Waals surface area contributed by atoms with E-state index in [0.29, 0.717) is 20.7 Å². The molecule has 9 heteroatoms. The van der Waals surface area contributed by atoms with Crippen molar-refractivity contribution in [2.45, 2.75) is 20.3 Å². The summed E-state index contributed by atoms with van der Waals surface area (Å²) in [5.74, 6) is 0.319. The summed E-state index contributed by atoms with van der Waals surface area (Å²) in [4.78, 5) is 23.0. The lowest BCUT2D eigenvalue weighted by Crippen LogP contribution is -2.13. The molecule has 0 radical (unpaired) electrons. The van der Waals surface area contributed by atoms with E-state index in [1.807, 2.05) is 38.1 Å². The van der Waals surface area contributed by atoms with Gasteiger partial charge in [-0.1, -0.05) is 18.5 Å². The van der Waals surface area contributed by atoms with E-state index in [4.69, 9.17) is 11.6 Å². The van der Waals surface area contributed by atoms with Crippen molar-refractivity contribution in [3.8, 4) is 21.1 Å². The average molecular weight is 430 g/mol. The molecule has 0 spiro atoms. The SMILES string of the molecule is CCc1c(NC(=O)c2sc(-c3ccc(Cl)s3)nc2C)n[nH]c1-c1ccncc1. The van der Waals surface area contributed by atoms with Crippen molar-refractivity contribution in [3.05, 3.63) is 57.1 Å². The Balaban J connectivity index is 1.61. The first-order chi connectivity index (χ1) is 13.6. The number of thiophene rings is 1. The second-order valence-electron chi connectivity index (χ2n) is 6.01. The number of aryl methyl sites for hydroxylation is 1. The van der Waals surface area contributed by atoms with Crippen molar-refractivity contribution in [2.24, 2.45) is 0 Å². The van der Waals surface area contributed by atoms with Crippen molar-refractivity contribution >= 4 is 46.0 Å². The highest BCUT2D eigenvalue weighted by molar-refractivity contribution is 7.24. The van der Waals surface area contributed by atoms with E-state index in [1.165, 1.54) is 22.7 Å². The molecule has 4 aromatic rings. The maximum absolute atomic E-state index is 12.9. The maximum atomic E-state index is 12.9. The Bertz CT molecular complexity index is 1130. The van der Waals surface area contributed by atoms with Gasteiger partial charge in [0.2, 0.25) is 0 Å². The Kier molecular flexibility index (Phi) is 5.25. The lowest BCUT2D eigenvalue weighted by atomic mass is 10.1. The van der Waals surface area contributed by atoms with Crippen LogP contribution in [0.5, 0.6) is 0 Å². The largest absolute Gasteiger partial charge is 0.304 e. The molecule has 4 heterocycles. The summed E-state index contributed by atoms with van der Waals surface area (Å²) in [5, 5.41) is 11.1. The minimum Gasteiger partial charge on any atom is -0.304 e. The van der Waals surface area contributed by atoms with Crippen LogP contribution in [0.25, 0.3) is 21.1 Å². The van der Waals surface area contributed by atoms with E-state index >= 15 is 0 Å². The van der Waals surface area contributed by atoms with Gasteiger partial charge in [-0.3, -0.25) is 14.9 Å². The zero-order valence-electron chi connectivity index (χ0n) is 15.1. The molecule has 0 aliphatic carbocycles. The maximum Gasteiger partial charge on any atom is 0.268 e. The highest BCUT2D eigenvalue weighted by Crippen LogP contribution is 2.35. The smallest absolute Gasteiger partial charge is 0.268 e. The number of H-pyrrole nitrogens is 1. The van der Waals surface area contributed by atoms with Crippen LogP contribution in [-0.4, -0.2) is 26.1 Å². The summed E-state index contributed by atoms with van der Waals surface area (Å²) in [6.45, 7) is 3.86. The first-order valence-electron chi connectivity index (χ1n) is 8.59. The molecule has 0 fully saturated rings. The number of anilines is 1. The molecule has 0 bridgehead atoms. The molecule has 2 N–H and O–H groups in total. The van der Waals surface area contributed by atoms with Gasteiger partial charge in [0.15, 0.2) is 5.82 Å². The summed E-state index contributed by atoms with van der Waals surface area (Å²) in [7, 11) is 0. The molecule has 28 heavy (non-hydrogen) atoms. The molecule has 0 unspecified atom stereocenters. The zero-order valence-corrected chi connectivity index (χ0v) is 17.5. The van der Waals surface area contributed by atoms with Gasteiger partial charge in [0.05, 0.1) is 20.6 Å². The van der Waals surface area contributed by atoms with E-state index < -0.39 is 0 Å². The quantitative estimate of drug-likeness (QED) is 0.442. The van der Waals surface area contributed by atoms with Gasteiger partial charge in [0, 0.05) is 23.5 Å². The lowest BCUT2D eigenvalue weighted by molar-refractivity contribution is 0.102. The number of halogens is 1. The van der Waals surface area contributed by atoms with Crippen LogP contribution in [-0.2, 0) is 6.42 Å². The van der Waals surface area contributed by atoms with Crippen LogP contribution < -0.4 is 5.32 Å². The fourth-order valence-corrected chi connectivity index (χ4v) is 4.94. The summed E-state index contributed by atoms with van der Waals surface area (Å²) in [6.07, 6.45) is 4.18. The van der Waals surface area contributed by atoms with Gasteiger partial charge in [0.25, 0.3) is 5.91 Å². The van der Waals surface area contributed by atoms with Crippen LogP contribution in [0, 0.1) is 6.92 Å². The van der Waals surface area contributed by atoms with Crippen molar-refractivity contribution in [1.82, 2.24) is 20.2 Å². The number of aromatic nitrogens is 4. The second-order valence-corrected chi connectivity index (χ2v) is 8.72. The van der Waals surface area contributed by atoms with E-state index in [0.717, 1.165) is 33.1 Å². The van der Waals surface area contributed by atoms with E-state index in [9.17, 15) is 4.79 Å². The molecule has 4 aromatic heterocycles. The predicted octanol–water partition coefficient (Wildman–Crippen LogP) is 5.43. The van der Waals surface area contributed by atoms with Crippen molar-refractivity contribution in [1.29, 1.82) is 0 Å². The van der Waals surface area contributed by atoms with Crippen LogP contribution in [0.1, 0.15) is 27.9 Å². The normalized spacial score (nSPS) is 11.0. The van der Waals surface area contributed by atoms with Gasteiger partial charge in [0.1, 0.15) is 9.88 Å². The van der Waals surface area contributed by atoms with Gasteiger partial charge in [-0.25, -0.2) is 4.98 Å². The summed E-state index contributed by atoms with van der Waals surface area (Å²) < 4.78 is 0.696. The number of carbonyl (C=O) groups excluding carboxylic acids is 1. The number of hydrogen-bond acceptors (Lipinski definition) is 6. The number of rotatable bonds is 5. The van der Waals surface area contributed by atoms with E-state index in [1.54, 1.807) is 12.4 Å². The number of pyridine rings is 1. The minimum absolute atomic E-state index is 0.216. The first kappa shape index (κ1) is 18.8. The molecule has 142 valence electrons. The fourth-order valence-electron chi connectivity index (χ4n) is 2.88. The minimum atomic E-state index is -0.216.